The van der Waals surface area contributed by atoms with E-state index in [1.807, 2.05) is 23.1 Å². The predicted octanol–water partition coefficient (Wildman–Crippen LogP) is 3.83. The van der Waals surface area contributed by atoms with Crippen LogP contribution in [0.25, 0.3) is 0 Å². The summed E-state index contributed by atoms with van der Waals surface area (Å²) >= 11 is 5.63. The van der Waals surface area contributed by atoms with Gasteiger partial charge in [-0.2, -0.15) is 0 Å². The number of amides is 1. The highest BCUT2D eigenvalue weighted by molar-refractivity contribution is 6.17. The fraction of sp³-hybridized carbons (Fsp3) is 0.533. The van der Waals surface area contributed by atoms with Crippen LogP contribution in [0.15, 0.2) is 30.3 Å². The van der Waals surface area contributed by atoms with Crippen molar-refractivity contribution in [2.24, 2.45) is 0 Å². The highest BCUT2D eigenvalue weighted by atomic mass is 35.5. The molecule has 0 bridgehead atoms. The van der Waals surface area contributed by atoms with Gasteiger partial charge in [0.15, 0.2) is 0 Å². The molecule has 1 aromatic rings. The second-order valence-electron chi connectivity index (χ2n) is 4.75. The van der Waals surface area contributed by atoms with Crippen molar-refractivity contribution < 1.29 is 4.79 Å². The maximum Gasteiger partial charge on any atom is 0.223 e. The van der Waals surface area contributed by atoms with Crippen LogP contribution in [0.1, 0.15) is 38.7 Å². The first kappa shape index (κ1) is 15.0. The smallest absolute Gasteiger partial charge is 0.223 e. The molecule has 0 radical (unpaired) electrons. The van der Waals surface area contributed by atoms with Crippen molar-refractivity contribution in [2.75, 3.05) is 5.88 Å². The van der Waals surface area contributed by atoms with Gasteiger partial charge in [0, 0.05) is 24.9 Å². The van der Waals surface area contributed by atoms with Crippen molar-refractivity contribution in [1.82, 2.24) is 4.90 Å². The van der Waals surface area contributed by atoms with Crippen LogP contribution in [-0.2, 0) is 11.3 Å². The summed E-state index contributed by atoms with van der Waals surface area (Å²) in [5, 5.41) is 0. The van der Waals surface area contributed by atoms with Gasteiger partial charge in [-0.25, -0.2) is 0 Å². The number of hydrogen-bond acceptors (Lipinski definition) is 1. The van der Waals surface area contributed by atoms with Crippen molar-refractivity contribution in [3.05, 3.63) is 35.9 Å². The maximum absolute atomic E-state index is 12.1. The third-order valence-electron chi connectivity index (χ3n) is 2.91. The zero-order valence-corrected chi connectivity index (χ0v) is 12.0. The number of carbonyl (C=O) groups excluding carboxylic acids is 1. The Hall–Kier alpha value is -1.02. The average Bonchev–Trinajstić information content (AvgIpc) is 2.37. The lowest BCUT2D eigenvalue weighted by molar-refractivity contribution is -0.133. The first-order valence-electron chi connectivity index (χ1n) is 6.54. The molecule has 1 aromatic carbocycles. The molecule has 0 unspecified atom stereocenters. The van der Waals surface area contributed by atoms with Gasteiger partial charge < -0.3 is 4.90 Å². The Morgan fingerprint density at radius 2 is 1.89 bits per heavy atom. The summed E-state index contributed by atoms with van der Waals surface area (Å²) in [4.78, 5) is 14.1. The Morgan fingerprint density at radius 3 is 2.44 bits per heavy atom. The molecule has 0 aliphatic carbocycles. The number of hydrogen-bond donors (Lipinski definition) is 0. The van der Waals surface area contributed by atoms with Gasteiger partial charge in [-0.1, -0.05) is 30.3 Å². The van der Waals surface area contributed by atoms with E-state index < -0.39 is 0 Å². The second kappa shape index (κ2) is 8.15. The standard InChI is InChI=1S/C15H22ClNO/c1-13(2)17(15(18)10-6-7-11-16)12-14-8-4-3-5-9-14/h3-5,8-9,13H,6-7,10-12H2,1-2H3. The van der Waals surface area contributed by atoms with Gasteiger partial charge in [-0.05, 0) is 32.3 Å². The molecular formula is C15H22ClNO. The molecular weight excluding hydrogens is 246 g/mol. The minimum Gasteiger partial charge on any atom is -0.336 e. The van der Waals surface area contributed by atoms with E-state index in [1.165, 1.54) is 5.56 Å². The molecule has 0 saturated carbocycles. The fourth-order valence-corrected chi connectivity index (χ4v) is 2.04. The molecule has 0 N–H and O–H groups in total. The summed E-state index contributed by atoms with van der Waals surface area (Å²) in [6.07, 6.45) is 2.38. The molecule has 0 aliphatic heterocycles. The second-order valence-corrected chi connectivity index (χ2v) is 5.13. The molecule has 0 fully saturated rings. The highest BCUT2D eigenvalue weighted by Crippen LogP contribution is 2.11. The summed E-state index contributed by atoms with van der Waals surface area (Å²) in [5.74, 6) is 0.854. The van der Waals surface area contributed by atoms with Gasteiger partial charge in [0.05, 0.1) is 0 Å². The zero-order chi connectivity index (χ0) is 13.4. The van der Waals surface area contributed by atoms with E-state index in [9.17, 15) is 4.79 Å². The zero-order valence-electron chi connectivity index (χ0n) is 11.2. The number of rotatable bonds is 7. The van der Waals surface area contributed by atoms with Crippen molar-refractivity contribution in [3.63, 3.8) is 0 Å². The summed E-state index contributed by atoms with van der Waals surface area (Å²) in [5.41, 5.74) is 1.18. The Kier molecular flexibility index (Phi) is 6.81. The van der Waals surface area contributed by atoms with Crippen LogP contribution in [0.2, 0.25) is 0 Å². The Balaban J connectivity index is 2.57. The lowest BCUT2D eigenvalue weighted by atomic mass is 10.1. The van der Waals surface area contributed by atoms with Gasteiger partial charge in [-0.15, -0.1) is 11.6 Å². The number of halogens is 1. The number of nitrogens with zero attached hydrogens (tertiary/aromatic N) is 1. The molecule has 0 spiro atoms. The average molecular weight is 268 g/mol. The third kappa shape index (κ3) is 5.09. The quantitative estimate of drug-likeness (QED) is 0.543. The number of benzene rings is 1. The molecule has 0 aliphatic rings. The number of alkyl halides is 1. The first-order valence-corrected chi connectivity index (χ1v) is 7.08. The van der Waals surface area contributed by atoms with E-state index in [0.717, 1.165) is 12.8 Å². The molecule has 1 amide bonds. The van der Waals surface area contributed by atoms with E-state index >= 15 is 0 Å². The summed E-state index contributed by atoms with van der Waals surface area (Å²) in [7, 11) is 0. The molecule has 2 nitrogen and oxygen atoms in total. The molecule has 3 heteroatoms. The minimum absolute atomic E-state index is 0.221. The molecule has 0 aromatic heterocycles. The molecule has 0 saturated heterocycles. The van der Waals surface area contributed by atoms with Crippen LogP contribution < -0.4 is 0 Å². The van der Waals surface area contributed by atoms with E-state index in [4.69, 9.17) is 11.6 Å². The highest BCUT2D eigenvalue weighted by Gasteiger charge is 2.16. The fourth-order valence-electron chi connectivity index (χ4n) is 1.85. The molecule has 0 atom stereocenters. The van der Waals surface area contributed by atoms with Gasteiger partial charge in [0.25, 0.3) is 0 Å². The van der Waals surface area contributed by atoms with Crippen molar-refractivity contribution in [3.8, 4) is 0 Å². The molecule has 1 rings (SSSR count). The number of unbranched alkanes of at least 4 members (excludes halogenated alkanes) is 1. The Morgan fingerprint density at radius 1 is 1.22 bits per heavy atom. The SMILES string of the molecule is CC(C)N(Cc1ccccc1)C(=O)CCCCCl. The van der Waals surface area contributed by atoms with E-state index in [2.05, 4.69) is 26.0 Å². The summed E-state index contributed by atoms with van der Waals surface area (Å²) < 4.78 is 0. The summed E-state index contributed by atoms with van der Waals surface area (Å²) in [6.45, 7) is 4.81. The normalized spacial score (nSPS) is 10.7. The van der Waals surface area contributed by atoms with Crippen LogP contribution in [0.5, 0.6) is 0 Å². The lowest BCUT2D eigenvalue weighted by Crippen LogP contribution is -2.36. The first-order chi connectivity index (χ1) is 8.65. The monoisotopic (exact) mass is 267 g/mol. The van der Waals surface area contributed by atoms with Gasteiger partial charge >= 0.3 is 0 Å². The van der Waals surface area contributed by atoms with E-state index in [1.54, 1.807) is 0 Å². The molecule has 18 heavy (non-hydrogen) atoms. The maximum atomic E-state index is 12.1. The van der Waals surface area contributed by atoms with Crippen molar-refractivity contribution in [1.29, 1.82) is 0 Å². The minimum atomic E-state index is 0.221. The van der Waals surface area contributed by atoms with Crippen LogP contribution in [-0.4, -0.2) is 22.7 Å². The molecule has 100 valence electrons. The van der Waals surface area contributed by atoms with Crippen LogP contribution >= 0.6 is 11.6 Å². The van der Waals surface area contributed by atoms with Crippen molar-refractivity contribution >= 4 is 17.5 Å². The predicted molar refractivity (Wildman–Crippen MR) is 76.7 cm³/mol. The molecule has 0 heterocycles. The number of carbonyl (C=O) groups is 1. The largest absolute Gasteiger partial charge is 0.336 e. The Bertz CT molecular complexity index is 351. The van der Waals surface area contributed by atoms with Crippen LogP contribution in [0, 0.1) is 0 Å². The Labute approximate surface area is 115 Å². The van der Waals surface area contributed by atoms with Gasteiger partial charge in [0.1, 0.15) is 0 Å². The van der Waals surface area contributed by atoms with Gasteiger partial charge in [-0.3, -0.25) is 4.79 Å². The lowest BCUT2D eigenvalue weighted by Gasteiger charge is -2.27. The van der Waals surface area contributed by atoms with E-state index in [-0.39, 0.29) is 11.9 Å². The van der Waals surface area contributed by atoms with Crippen molar-refractivity contribution in [2.45, 2.75) is 45.7 Å². The van der Waals surface area contributed by atoms with Crippen LogP contribution in [0.3, 0.4) is 0 Å². The third-order valence-corrected chi connectivity index (χ3v) is 3.18. The topological polar surface area (TPSA) is 20.3 Å². The van der Waals surface area contributed by atoms with Gasteiger partial charge in [0.2, 0.25) is 5.91 Å². The summed E-state index contributed by atoms with van der Waals surface area (Å²) in [6, 6.07) is 10.3. The van der Waals surface area contributed by atoms with Crippen LogP contribution in [0.4, 0.5) is 0 Å². The van der Waals surface area contributed by atoms with E-state index in [0.29, 0.717) is 18.8 Å².